The van der Waals surface area contributed by atoms with Gasteiger partial charge < -0.3 is 11.1 Å². The topological polar surface area (TPSA) is 97.1 Å². The third-order valence-electron chi connectivity index (χ3n) is 3.27. The second-order valence-electron chi connectivity index (χ2n) is 5.33. The maximum Gasteiger partial charge on any atom is 0.416 e. The van der Waals surface area contributed by atoms with Crippen LogP contribution in [0.25, 0.3) is 0 Å². The number of benzene rings is 1. The molecule has 1 heterocycles. The maximum atomic E-state index is 12.7. The van der Waals surface area contributed by atoms with Crippen molar-refractivity contribution in [2.75, 3.05) is 10.6 Å². The number of nitrogens with zero attached hydrogens (tertiary/aromatic N) is 1. The first-order valence-electron chi connectivity index (χ1n) is 7.11. The molecule has 0 saturated heterocycles. The van der Waals surface area contributed by atoms with Crippen molar-refractivity contribution in [2.24, 2.45) is 5.73 Å². The standard InChI is InChI=1S/C16H15F3N4O2/c1-8-6-9(2)21-14(12(8)13(20)24)23-15(25)22-11-5-3-4-10(7-11)16(17,18)19/h3-7H,1-2H3,(H2,20,24)(H2,21,22,23,25). The summed E-state index contributed by atoms with van der Waals surface area (Å²) in [6, 6.07) is 4.93. The summed E-state index contributed by atoms with van der Waals surface area (Å²) in [5.41, 5.74) is 5.43. The predicted molar refractivity (Wildman–Crippen MR) is 86.3 cm³/mol. The number of primary amides is 1. The van der Waals surface area contributed by atoms with Gasteiger partial charge in [0.2, 0.25) is 0 Å². The molecule has 0 unspecified atom stereocenters. The van der Waals surface area contributed by atoms with Gasteiger partial charge in [-0.15, -0.1) is 0 Å². The van der Waals surface area contributed by atoms with Crippen LogP contribution in [0.15, 0.2) is 30.3 Å². The molecule has 0 spiro atoms. The van der Waals surface area contributed by atoms with Crippen LogP contribution >= 0.6 is 0 Å². The van der Waals surface area contributed by atoms with Gasteiger partial charge in [-0.2, -0.15) is 13.2 Å². The lowest BCUT2D eigenvalue weighted by atomic mass is 10.1. The fourth-order valence-electron chi connectivity index (χ4n) is 2.28. The van der Waals surface area contributed by atoms with Crippen LogP contribution in [0.5, 0.6) is 0 Å². The summed E-state index contributed by atoms with van der Waals surface area (Å²) < 4.78 is 38.1. The van der Waals surface area contributed by atoms with Gasteiger partial charge in [0.25, 0.3) is 5.91 Å². The molecule has 0 fully saturated rings. The van der Waals surface area contributed by atoms with Crippen LogP contribution in [-0.2, 0) is 6.18 Å². The number of amides is 3. The lowest BCUT2D eigenvalue weighted by Gasteiger charge is -2.13. The summed E-state index contributed by atoms with van der Waals surface area (Å²) in [7, 11) is 0. The molecule has 6 nitrogen and oxygen atoms in total. The maximum absolute atomic E-state index is 12.7. The fourth-order valence-corrected chi connectivity index (χ4v) is 2.28. The highest BCUT2D eigenvalue weighted by molar-refractivity contribution is 6.05. The number of aromatic nitrogens is 1. The summed E-state index contributed by atoms with van der Waals surface area (Å²) in [4.78, 5) is 27.6. The van der Waals surface area contributed by atoms with Gasteiger partial charge in [-0.3, -0.25) is 10.1 Å². The fraction of sp³-hybridized carbons (Fsp3) is 0.188. The average molecular weight is 352 g/mol. The number of pyridine rings is 1. The lowest BCUT2D eigenvalue weighted by molar-refractivity contribution is -0.137. The quantitative estimate of drug-likeness (QED) is 0.789. The van der Waals surface area contributed by atoms with E-state index in [1.807, 2.05) is 0 Å². The van der Waals surface area contributed by atoms with Crippen molar-refractivity contribution < 1.29 is 22.8 Å². The molecule has 0 aliphatic heterocycles. The number of aryl methyl sites for hydroxylation is 2. The van der Waals surface area contributed by atoms with Gasteiger partial charge in [-0.1, -0.05) is 6.07 Å². The van der Waals surface area contributed by atoms with Crippen LogP contribution < -0.4 is 16.4 Å². The number of carbonyl (C=O) groups excluding carboxylic acids is 2. The molecule has 0 aliphatic carbocycles. The molecule has 25 heavy (non-hydrogen) atoms. The van der Waals surface area contributed by atoms with Crippen molar-refractivity contribution in [3.05, 3.63) is 52.7 Å². The first-order valence-corrected chi connectivity index (χ1v) is 7.11. The Bertz CT molecular complexity index is 835. The Hall–Kier alpha value is -3.10. The molecular weight excluding hydrogens is 337 g/mol. The van der Waals surface area contributed by atoms with Gasteiger partial charge >= 0.3 is 12.2 Å². The van der Waals surface area contributed by atoms with Crippen molar-refractivity contribution in [3.8, 4) is 0 Å². The van der Waals surface area contributed by atoms with E-state index in [2.05, 4.69) is 15.6 Å². The van der Waals surface area contributed by atoms with E-state index in [4.69, 9.17) is 5.73 Å². The smallest absolute Gasteiger partial charge is 0.365 e. The number of alkyl halides is 3. The molecule has 1 aromatic carbocycles. The van der Waals surface area contributed by atoms with Gasteiger partial charge in [0.1, 0.15) is 5.82 Å². The second kappa shape index (κ2) is 6.80. The molecule has 2 aromatic rings. The summed E-state index contributed by atoms with van der Waals surface area (Å²) in [6.07, 6.45) is -4.53. The van der Waals surface area contributed by atoms with Crippen molar-refractivity contribution >= 4 is 23.4 Å². The van der Waals surface area contributed by atoms with Crippen molar-refractivity contribution in [1.82, 2.24) is 4.98 Å². The van der Waals surface area contributed by atoms with Crippen molar-refractivity contribution in [1.29, 1.82) is 0 Å². The largest absolute Gasteiger partial charge is 0.416 e. The van der Waals surface area contributed by atoms with E-state index in [1.54, 1.807) is 19.9 Å². The van der Waals surface area contributed by atoms with Gasteiger partial charge in [0.05, 0.1) is 11.1 Å². The van der Waals surface area contributed by atoms with Crippen LogP contribution in [0.2, 0.25) is 0 Å². The van der Waals surface area contributed by atoms with Gasteiger partial charge in [0.15, 0.2) is 0 Å². The highest BCUT2D eigenvalue weighted by Gasteiger charge is 2.30. The van der Waals surface area contributed by atoms with E-state index >= 15 is 0 Å². The number of hydrogen-bond donors (Lipinski definition) is 3. The average Bonchev–Trinajstić information content (AvgIpc) is 2.45. The van der Waals surface area contributed by atoms with E-state index in [0.29, 0.717) is 11.3 Å². The van der Waals surface area contributed by atoms with Crippen LogP contribution in [0.3, 0.4) is 0 Å². The van der Waals surface area contributed by atoms with Crippen LogP contribution in [0.1, 0.15) is 27.2 Å². The minimum atomic E-state index is -4.53. The summed E-state index contributed by atoms with van der Waals surface area (Å²) in [5.74, 6) is -0.839. The molecule has 0 atom stereocenters. The molecule has 3 amide bonds. The van der Waals surface area contributed by atoms with E-state index in [0.717, 1.165) is 12.1 Å². The van der Waals surface area contributed by atoms with E-state index in [-0.39, 0.29) is 17.1 Å². The SMILES string of the molecule is Cc1cc(C)c(C(N)=O)c(NC(=O)Nc2cccc(C(F)(F)F)c2)n1. The monoisotopic (exact) mass is 352 g/mol. The number of anilines is 2. The summed E-state index contributed by atoms with van der Waals surface area (Å²) in [5, 5.41) is 4.60. The minimum Gasteiger partial charge on any atom is -0.365 e. The molecule has 2 rings (SSSR count). The zero-order chi connectivity index (χ0) is 18.8. The first kappa shape index (κ1) is 18.2. The zero-order valence-electron chi connectivity index (χ0n) is 13.4. The second-order valence-corrected chi connectivity index (χ2v) is 5.33. The van der Waals surface area contributed by atoms with Gasteiger partial charge in [-0.05, 0) is 43.7 Å². The molecule has 9 heteroatoms. The minimum absolute atomic E-state index is 0.0322. The molecule has 0 bridgehead atoms. The Morgan fingerprint density at radius 2 is 1.80 bits per heavy atom. The van der Waals surface area contributed by atoms with Crippen molar-refractivity contribution in [3.63, 3.8) is 0 Å². The Morgan fingerprint density at radius 1 is 1.12 bits per heavy atom. The third kappa shape index (κ3) is 4.46. The highest BCUT2D eigenvalue weighted by Crippen LogP contribution is 2.30. The Balaban J connectivity index is 2.23. The molecule has 0 radical (unpaired) electrons. The Morgan fingerprint density at radius 3 is 2.40 bits per heavy atom. The summed E-state index contributed by atoms with van der Waals surface area (Å²) >= 11 is 0. The van der Waals surface area contributed by atoms with Gasteiger partial charge in [0, 0.05) is 11.4 Å². The molecule has 0 saturated carbocycles. The zero-order valence-corrected chi connectivity index (χ0v) is 13.4. The predicted octanol–water partition coefficient (Wildman–Crippen LogP) is 3.46. The highest BCUT2D eigenvalue weighted by atomic mass is 19.4. The summed E-state index contributed by atoms with van der Waals surface area (Å²) in [6.45, 7) is 3.29. The first-order chi connectivity index (χ1) is 11.6. The number of halogens is 3. The number of carbonyl (C=O) groups is 2. The lowest BCUT2D eigenvalue weighted by Crippen LogP contribution is -2.24. The normalized spacial score (nSPS) is 11.1. The number of rotatable bonds is 3. The number of urea groups is 1. The van der Waals surface area contributed by atoms with E-state index in [9.17, 15) is 22.8 Å². The third-order valence-corrected chi connectivity index (χ3v) is 3.27. The van der Waals surface area contributed by atoms with Gasteiger partial charge in [-0.25, -0.2) is 9.78 Å². The van der Waals surface area contributed by atoms with Crippen LogP contribution in [0, 0.1) is 13.8 Å². The Labute approximate surface area is 141 Å². The molecule has 4 N–H and O–H groups in total. The molecule has 132 valence electrons. The Kier molecular flexibility index (Phi) is 4.96. The van der Waals surface area contributed by atoms with Crippen LogP contribution in [-0.4, -0.2) is 16.9 Å². The van der Waals surface area contributed by atoms with E-state index in [1.165, 1.54) is 12.1 Å². The van der Waals surface area contributed by atoms with Crippen LogP contribution in [0.4, 0.5) is 29.5 Å². The number of nitrogens with two attached hydrogens (primary N) is 1. The van der Waals surface area contributed by atoms with Crippen molar-refractivity contribution in [2.45, 2.75) is 20.0 Å². The number of hydrogen-bond acceptors (Lipinski definition) is 3. The molecular formula is C16H15F3N4O2. The van der Waals surface area contributed by atoms with E-state index < -0.39 is 23.7 Å². The number of nitrogens with one attached hydrogen (secondary N) is 2. The molecule has 0 aliphatic rings. The molecule has 1 aromatic heterocycles.